The molecule has 0 aliphatic carbocycles. The topological polar surface area (TPSA) is 66.8 Å². The van der Waals surface area contributed by atoms with Crippen LogP contribution in [0.3, 0.4) is 0 Å². The van der Waals surface area contributed by atoms with Crippen molar-refractivity contribution in [2.24, 2.45) is 5.92 Å². The highest BCUT2D eigenvalue weighted by Gasteiger charge is 2.35. The number of alkyl halides is 3. The van der Waals surface area contributed by atoms with E-state index in [-0.39, 0.29) is 11.7 Å². The van der Waals surface area contributed by atoms with E-state index >= 15 is 0 Å². The molecule has 0 aromatic carbocycles. The fourth-order valence-electron chi connectivity index (χ4n) is 3.07. The van der Waals surface area contributed by atoms with Gasteiger partial charge >= 0.3 is 6.18 Å². The Morgan fingerprint density at radius 1 is 1.00 bits per heavy atom. The molecule has 3 aromatic rings. The number of anilines is 2. The Morgan fingerprint density at radius 3 is 2.46 bits per heavy atom. The van der Waals surface area contributed by atoms with Gasteiger partial charge in [0.05, 0.1) is 11.3 Å². The van der Waals surface area contributed by atoms with E-state index in [2.05, 4.69) is 25.5 Å². The quantitative estimate of drug-likeness (QED) is 0.724. The predicted molar refractivity (Wildman–Crippen MR) is 98.7 cm³/mol. The second kappa shape index (κ2) is 7.41. The Kier molecular flexibility index (Phi) is 4.81. The minimum absolute atomic E-state index is 0.130. The van der Waals surface area contributed by atoms with Crippen LogP contribution in [0, 0.1) is 5.92 Å². The summed E-state index contributed by atoms with van der Waals surface area (Å²) in [7, 11) is 0. The molecule has 0 spiro atoms. The zero-order valence-electron chi connectivity index (χ0n) is 14.8. The molecule has 1 fully saturated rings. The van der Waals surface area contributed by atoms with Crippen molar-refractivity contribution in [3.63, 3.8) is 0 Å². The number of pyridine rings is 2. The summed E-state index contributed by atoms with van der Waals surface area (Å²) >= 11 is 0. The zero-order valence-corrected chi connectivity index (χ0v) is 14.8. The second-order valence-corrected chi connectivity index (χ2v) is 6.56. The summed E-state index contributed by atoms with van der Waals surface area (Å²) in [5, 5.41) is 11.3. The van der Waals surface area contributed by atoms with Gasteiger partial charge in [0.25, 0.3) is 0 Å². The van der Waals surface area contributed by atoms with Gasteiger partial charge in [0.15, 0.2) is 5.82 Å². The van der Waals surface area contributed by atoms with Crippen molar-refractivity contribution in [1.82, 2.24) is 20.2 Å². The number of aromatic nitrogens is 4. The van der Waals surface area contributed by atoms with Gasteiger partial charge in [-0.1, -0.05) is 0 Å². The molecule has 0 saturated carbocycles. The van der Waals surface area contributed by atoms with Gasteiger partial charge in [-0.25, -0.2) is 4.98 Å². The summed E-state index contributed by atoms with van der Waals surface area (Å²) in [5.74, 6) is 0.836. The third-order valence-corrected chi connectivity index (χ3v) is 4.58. The van der Waals surface area contributed by atoms with Gasteiger partial charge in [-0.3, -0.25) is 4.98 Å². The Balaban J connectivity index is 1.32. The lowest BCUT2D eigenvalue weighted by Gasteiger charge is -2.40. The average Bonchev–Trinajstić information content (AvgIpc) is 2.67. The molecule has 6 nitrogen and oxygen atoms in total. The molecule has 0 amide bonds. The molecule has 0 atom stereocenters. The van der Waals surface area contributed by atoms with Gasteiger partial charge in [-0.05, 0) is 36.4 Å². The van der Waals surface area contributed by atoms with Crippen molar-refractivity contribution in [1.29, 1.82) is 0 Å². The van der Waals surface area contributed by atoms with Crippen LogP contribution < -0.4 is 10.2 Å². The summed E-state index contributed by atoms with van der Waals surface area (Å²) < 4.78 is 39.0. The lowest BCUT2D eigenvalue weighted by atomic mass is 10.00. The number of nitrogens with one attached hydrogen (secondary N) is 1. The first-order valence-electron chi connectivity index (χ1n) is 8.76. The average molecular weight is 386 g/mol. The highest BCUT2D eigenvalue weighted by Crippen LogP contribution is 2.33. The number of halogens is 3. The van der Waals surface area contributed by atoms with E-state index in [1.165, 1.54) is 12.3 Å². The highest BCUT2D eigenvalue weighted by atomic mass is 19.4. The van der Waals surface area contributed by atoms with E-state index in [9.17, 15) is 13.2 Å². The van der Waals surface area contributed by atoms with Gasteiger partial charge in [0.2, 0.25) is 0 Å². The Hall–Kier alpha value is -3.23. The SMILES string of the molecule is FC(F)(F)c1cccnc1NCC1CN(c2ccc(-c3ccncc3)nn2)C1. The largest absolute Gasteiger partial charge is 0.419 e. The number of hydrogen-bond acceptors (Lipinski definition) is 6. The fraction of sp³-hybridized carbons (Fsp3) is 0.263. The number of hydrogen-bond donors (Lipinski definition) is 1. The fourth-order valence-corrected chi connectivity index (χ4v) is 3.07. The standard InChI is InChI=1S/C19H17F3N6/c20-19(21,22)15-2-1-7-24-18(15)25-10-13-11-28(12-13)17-4-3-16(26-27-17)14-5-8-23-9-6-14/h1-9,13H,10-12H2,(H,24,25). The summed E-state index contributed by atoms with van der Waals surface area (Å²) in [6.07, 6.45) is 0.326. The molecule has 1 aliphatic heterocycles. The van der Waals surface area contributed by atoms with E-state index in [0.29, 0.717) is 19.6 Å². The molecule has 1 N–H and O–H groups in total. The molecule has 3 aromatic heterocycles. The van der Waals surface area contributed by atoms with Gasteiger partial charge in [-0.15, -0.1) is 10.2 Å². The van der Waals surface area contributed by atoms with E-state index in [1.54, 1.807) is 12.4 Å². The second-order valence-electron chi connectivity index (χ2n) is 6.56. The number of nitrogens with zero attached hydrogens (tertiary/aromatic N) is 5. The predicted octanol–water partition coefficient (Wildman–Crippen LogP) is 3.50. The molecule has 1 saturated heterocycles. The molecule has 4 rings (SSSR count). The molecule has 4 heterocycles. The lowest BCUT2D eigenvalue weighted by Crippen LogP contribution is -2.50. The van der Waals surface area contributed by atoms with Crippen LogP contribution in [-0.4, -0.2) is 39.8 Å². The maximum Gasteiger partial charge on any atom is 0.419 e. The first-order valence-corrected chi connectivity index (χ1v) is 8.76. The zero-order chi connectivity index (χ0) is 19.6. The Morgan fingerprint density at radius 2 is 1.79 bits per heavy atom. The van der Waals surface area contributed by atoms with Crippen LogP contribution >= 0.6 is 0 Å². The van der Waals surface area contributed by atoms with Crippen LogP contribution in [0.1, 0.15) is 5.56 Å². The third-order valence-electron chi connectivity index (χ3n) is 4.58. The van der Waals surface area contributed by atoms with Crippen LogP contribution in [0.15, 0.2) is 55.0 Å². The van der Waals surface area contributed by atoms with E-state index < -0.39 is 11.7 Å². The molecule has 0 unspecified atom stereocenters. The molecule has 1 aliphatic rings. The highest BCUT2D eigenvalue weighted by molar-refractivity contribution is 5.59. The molecule has 0 bridgehead atoms. The van der Waals surface area contributed by atoms with Crippen molar-refractivity contribution < 1.29 is 13.2 Å². The summed E-state index contributed by atoms with van der Waals surface area (Å²) in [4.78, 5) is 9.84. The molecule has 28 heavy (non-hydrogen) atoms. The lowest BCUT2D eigenvalue weighted by molar-refractivity contribution is -0.137. The van der Waals surface area contributed by atoms with Crippen molar-refractivity contribution in [2.75, 3.05) is 29.9 Å². The van der Waals surface area contributed by atoms with Gasteiger partial charge in [-0.2, -0.15) is 13.2 Å². The maximum atomic E-state index is 13.0. The smallest absolute Gasteiger partial charge is 0.369 e. The van der Waals surface area contributed by atoms with E-state index in [4.69, 9.17) is 0 Å². The van der Waals surface area contributed by atoms with Gasteiger partial charge in [0, 0.05) is 49.7 Å². The molecule has 0 radical (unpaired) electrons. The van der Waals surface area contributed by atoms with Gasteiger partial charge in [0.1, 0.15) is 5.82 Å². The summed E-state index contributed by atoms with van der Waals surface area (Å²) in [6.45, 7) is 1.81. The van der Waals surface area contributed by atoms with Crippen LogP contribution in [-0.2, 0) is 6.18 Å². The minimum Gasteiger partial charge on any atom is -0.369 e. The number of rotatable bonds is 5. The van der Waals surface area contributed by atoms with Crippen LogP contribution in [0.2, 0.25) is 0 Å². The van der Waals surface area contributed by atoms with Crippen LogP contribution in [0.25, 0.3) is 11.3 Å². The van der Waals surface area contributed by atoms with Crippen molar-refractivity contribution >= 4 is 11.6 Å². The summed E-state index contributed by atoms with van der Waals surface area (Å²) in [5.41, 5.74) is 0.957. The van der Waals surface area contributed by atoms with Crippen molar-refractivity contribution in [3.05, 3.63) is 60.6 Å². The first-order chi connectivity index (χ1) is 13.5. The van der Waals surface area contributed by atoms with Crippen molar-refractivity contribution in [2.45, 2.75) is 6.18 Å². The first kappa shape index (κ1) is 18.1. The van der Waals surface area contributed by atoms with Gasteiger partial charge < -0.3 is 10.2 Å². The van der Waals surface area contributed by atoms with E-state index in [1.807, 2.05) is 29.2 Å². The molecule has 144 valence electrons. The Labute approximate surface area is 159 Å². The molecule has 9 heteroatoms. The van der Waals surface area contributed by atoms with Crippen molar-refractivity contribution in [3.8, 4) is 11.3 Å². The normalized spacial score (nSPS) is 14.6. The monoisotopic (exact) mass is 386 g/mol. The van der Waals surface area contributed by atoms with Crippen LogP contribution in [0.4, 0.5) is 24.8 Å². The Bertz CT molecular complexity index is 924. The van der Waals surface area contributed by atoms with E-state index in [0.717, 1.165) is 23.1 Å². The minimum atomic E-state index is -4.42. The maximum absolute atomic E-state index is 13.0. The summed E-state index contributed by atoms with van der Waals surface area (Å²) in [6, 6.07) is 9.83. The molecular formula is C19H17F3N6. The van der Waals surface area contributed by atoms with Crippen LogP contribution in [0.5, 0.6) is 0 Å². The third kappa shape index (κ3) is 3.88. The molecular weight excluding hydrogens is 369 g/mol.